The number of alkyl halides is 3. The molecule has 0 radical (unpaired) electrons. The number of piperazine rings is 1. The second-order valence-electron chi connectivity index (χ2n) is 7.11. The molecule has 168 valence electrons. The molecule has 2 aromatic carbocycles. The van der Waals surface area contributed by atoms with Gasteiger partial charge in [0.15, 0.2) is 0 Å². The highest BCUT2D eigenvalue weighted by Gasteiger charge is 2.36. The highest BCUT2D eigenvalue weighted by molar-refractivity contribution is 7.89. The molecular formula is C20H21ClF3N3O3S. The lowest BCUT2D eigenvalue weighted by molar-refractivity contribution is -0.137. The SMILES string of the molecule is C[C@@H](C(=O)Nc1ccc(Cl)cc1C(F)(F)F)N1CCN(S(=O)(=O)c2ccccc2)CC1. The molecule has 11 heteroatoms. The number of halogens is 4. The Labute approximate surface area is 183 Å². The van der Waals surface area contributed by atoms with E-state index in [-0.39, 0.29) is 41.8 Å². The van der Waals surface area contributed by atoms with Gasteiger partial charge in [0.25, 0.3) is 0 Å². The van der Waals surface area contributed by atoms with Crippen LogP contribution in [0.3, 0.4) is 0 Å². The van der Waals surface area contributed by atoms with Crippen molar-refractivity contribution in [2.75, 3.05) is 31.5 Å². The second-order valence-corrected chi connectivity index (χ2v) is 9.48. The van der Waals surface area contributed by atoms with Crippen molar-refractivity contribution in [1.82, 2.24) is 9.21 Å². The van der Waals surface area contributed by atoms with Crippen molar-refractivity contribution in [3.05, 3.63) is 59.1 Å². The zero-order valence-electron chi connectivity index (χ0n) is 16.6. The van der Waals surface area contributed by atoms with Crippen LogP contribution in [0.1, 0.15) is 12.5 Å². The van der Waals surface area contributed by atoms with Crippen molar-refractivity contribution < 1.29 is 26.4 Å². The zero-order chi connectivity index (χ0) is 22.8. The first kappa shape index (κ1) is 23.5. The third-order valence-corrected chi connectivity index (χ3v) is 7.27. The third kappa shape index (κ3) is 5.38. The molecule has 1 saturated heterocycles. The van der Waals surface area contributed by atoms with Crippen LogP contribution in [0.15, 0.2) is 53.4 Å². The molecule has 1 heterocycles. The van der Waals surface area contributed by atoms with Gasteiger partial charge in [0, 0.05) is 31.2 Å². The lowest BCUT2D eigenvalue weighted by Crippen LogP contribution is -2.53. The predicted molar refractivity (Wildman–Crippen MR) is 111 cm³/mol. The summed E-state index contributed by atoms with van der Waals surface area (Å²) in [6, 6.07) is 10.4. The van der Waals surface area contributed by atoms with Crippen molar-refractivity contribution in [1.29, 1.82) is 0 Å². The summed E-state index contributed by atoms with van der Waals surface area (Å²) in [5.74, 6) is -0.618. The van der Waals surface area contributed by atoms with E-state index in [9.17, 15) is 26.4 Å². The van der Waals surface area contributed by atoms with Crippen LogP contribution in [-0.2, 0) is 21.0 Å². The van der Waals surface area contributed by atoms with Crippen LogP contribution in [0.25, 0.3) is 0 Å². The lowest BCUT2D eigenvalue weighted by atomic mass is 10.1. The summed E-state index contributed by atoms with van der Waals surface area (Å²) >= 11 is 5.66. The number of amides is 1. The predicted octanol–water partition coefficient (Wildman–Crippen LogP) is 3.69. The normalized spacial score (nSPS) is 17.3. The highest BCUT2D eigenvalue weighted by Crippen LogP contribution is 2.36. The van der Waals surface area contributed by atoms with Crippen LogP contribution in [0.4, 0.5) is 18.9 Å². The number of benzene rings is 2. The van der Waals surface area contributed by atoms with Gasteiger partial charge in [-0.05, 0) is 37.3 Å². The molecular weight excluding hydrogens is 455 g/mol. The van der Waals surface area contributed by atoms with Crippen LogP contribution < -0.4 is 5.32 Å². The number of nitrogens with one attached hydrogen (secondary N) is 1. The summed E-state index contributed by atoms with van der Waals surface area (Å²) in [6.07, 6.45) is -4.67. The van der Waals surface area contributed by atoms with Gasteiger partial charge in [-0.3, -0.25) is 9.69 Å². The number of carbonyl (C=O) groups is 1. The van der Waals surface area contributed by atoms with Crippen LogP contribution >= 0.6 is 11.6 Å². The van der Waals surface area contributed by atoms with Crippen molar-refractivity contribution in [2.45, 2.75) is 24.0 Å². The summed E-state index contributed by atoms with van der Waals surface area (Å²) in [7, 11) is -3.64. The number of carbonyl (C=O) groups excluding carboxylic acids is 1. The highest BCUT2D eigenvalue weighted by atomic mass is 35.5. The molecule has 0 aliphatic carbocycles. The van der Waals surface area contributed by atoms with E-state index < -0.39 is 33.7 Å². The molecule has 1 atom stereocenters. The minimum absolute atomic E-state index is 0.0888. The first-order valence-electron chi connectivity index (χ1n) is 9.47. The molecule has 0 unspecified atom stereocenters. The van der Waals surface area contributed by atoms with Crippen molar-refractivity contribution in [2.24, 2.45) is 0 Å². The maximum atomic E-state index is 13.2. The number of hydrogen-bond acceptors (Lipinski definition) is 4. The average molecular weight is 476 g/mol. The molecule has 3 rings (SSSR count). The standard InChI is InChI=1S/C20H21ClF3N3O3S/c1-14(19(28)25-18-8-7-15(21)13-17(18)20(22,23)24)26-9-11-27(12-10-26)31(29,30)16-5-3-2-4-6-16/h2-8,13-14H,9-12H2,1H3,(H,25,28)/t14-/m0/s1. The van der Waals surface area contributed by atoms with Crippen molar-refractivity contribution >= 4 is 33.2 Å². The van der Waals surface area contributed by atoms with Gasteiger partial charge in [0.1, 0.15) is 0 Å². The summed E-state index contributed by atoms with van der Waals surface area (Å²) < 4.78 is 66.5. The van der Waals surface area contributed by atoms with Gasteiger partial charge in [-0.15, -0.1) is 0 Å². The molecule has 1 aliphatic heterocycles. The first-order chi connectivity index (χ1) is 14.5. The molecule has 1 amide bonds. The Balaban J connectivity index is 1.65. The molecule has 1 aliphatic rings. The minimum Gasteiger partial charge on any atom is -0.324 e. The van der Waals surface area contributed by atoms with E-state index in [4.69, 9.17) is 11.6 Å². The van der Waals surface area contributed by atoms with E-state index in [1.165, 1.54) is 22.5 Å². The largest absolute Gasteiger partial charge is 0.418 e. The monoisotopic (exact) mass is 475 g/mol. The van der Waals surface area contributed by atoms with Crippen LogP contribution in [0.5, 0.6) is 0 Å². The van der Waals surface area contributed by atoms with E-state index in [1.54, 1.807) is 30.0 Å². The maximum Gasteiger partial charge on any atom is 0.418 e. The van der Waals surface area contributed by atoms with Crippen LogP contribution in [0, 0.1) is 0 Å². The molecule has 0 saturated carbocycles. The minimum atomic E-state index is -4.67. The summed E-state index contributed by atoms with van der Waals surface area (Å²) in [6.45, 7) is 2.45. The first-order valence-corrected chi connectivity index (χ1v) is 11.3. The average Bonchev–Trinajstić information content (AvgIpc) is 2.74. The summed E-state index contributed by atoms with van der Waals surface area (Å²) in [5, 5.41) is 2.23. The Morgan fingerprint density at radius 1 is 1.06 bits per heavy atom. The number of hydrogen-bond donors (Lipinski definition) is 1. The van der Waals surface area contributed by atoms with E-state index in [2.05, 4.69) is 5.32 Å². The fraction of sp³-hybridized carbons (Fsp3) is 0.350. The van der Waals surface area contributed by atoms with E-state index in [0.29, 0.717) is 0 Å². The molecule has 0 spiro atoms. The van der Waals surface area contributed by atoms with E-state index >= 15 is 0 Å². The Hall–Kier alpha value is -2.14. The van der Waals surface area contributed by atoms with Gasteiger partial charge >= 0.3 is 6.18 Å². The van der Waals surface area contributed by atoms with Gasteiger partial charge < -0.3 is 5.32 Å². The fourth-order valence-corrected chi connectivity index (χ4v) is 4.95. The molecule has 6 nitrogen and oxygen atoms in total. The van der Waals surface area contributed by atoms with Crippen LogP contribution in [0.2, 0.25) is 5.02 Å². The van der Waals surface area contributed by atoms with Gasteiger partial charge in [-0.2, -0.15) is 17.5 Å². The van der Waals surface area contributed by atoms with E-state index in [0.717, 1.165) is 12.1 Å². The Morgan fingerprint density at radius 3 is 2.26 bits per heavy atom. The fourth-order valence-electron chi connectivity index (χ4n) is 3.34. The van der Waals surface area contributed by atoms with E-state index in [1.807, 2.05) is 0 Å². The Kier molecular flexibility index (Phi) is 6.95. The van der Waals surface area contributed by atoms with Gasteiger partial charge in [-0.1, -0.05) is 29.8 Å². The Morgan fingerprint density at radius 2 is 1.68 bits per heavy atom. The number of anilines is 1. The van der Waals surface area contributed by atoms with Gasteiger partial charge in [0.05, 0.1) is 22.2 Å². The summed E-state index contributed by atoms with van der Waals surface area (Å²) in [5.41, 5.74) is -1.40. The quantitative estimate of drug-likeness (QED) is 0.716. The van der Waals surface area contributed by atoms with Gasteiger partial charge in [0.2, 0.25) is 15.9 Å². The molecule has 31 heavy (non-hydrogen) atoms. The lowest BCUT2D eigenvalue weighted by Gasteiger charge is -2.36. The van der Waals surface area contributed by atoms with Gasteiger partial charge in [-0.25, -0.2) is 8.42 Å². The number of sulfonamides is 1. The van der Waals surface area contributed by atoms with Crippen molar-refractivity contribution in [3.8, 4) is 0 Å². The Bertz CT molecular complexity index is 1040. The zero-order valence-corrected chi connectivity index (χ0v) is 18.1. The third-order valence-electron chi connectivity index (χ3n) is 5.13. The number of rotatable bonds is 5. The summed E-state index contributed by atoms with van der Waals surface area (Å²) in [4.78, 5) is 14.5. The molecule has 1 N–H and O–H groups in total. The smallest absolute Gasteiger partial charge is 0.324 e. The van der Waals surface area contributed by atoms with Crippen molar-refractivity contribution in [3.63, 3.8) is 0 Å². The molecule has 1 fully saturated rings. The second kappa shape index (κ2) is 9.15. The molecule has 0 aromatic heterocycles. The topological polar surface area (TPSA) is 69.7 Å². The molecule has 0 bridgehead atoms. The molecule has 2 aromatic rings. The van der Waals surface area contributed by atoms with Crippen LogP contribution in [-0.4, -0.2) is 55.8 Å². The number of nitrogens with zero attached hydrogens (tertiary/aromatic N) is 2. The maximum absolute atomic E-state index is 13.2.